The zero-order valence-electron chi connectivity index (χ0n) is 18.2. The van der Waals surface area contributed by atoms with Crippen LogP contribution in [0.1, 0.15) is 32.6 Å². The smallest absolute Gasteiger partial charge is 0.253 e. The van der Waals surface area contributed by atoms with E-state index in [0.29, 0.717) is 40.0 Å². The van der Waals surface area contributed by atoms with Crippen molar-refractivity contribution in [1.82, 2.24) is 20.6 Å². The monoisotopic (exact) mass is 479 g/mol. The van der Waals surface area contributed by atoms with Gasteiger partial charge in [0.15, 0.2) is 0 Å². The zero-order valence-corrected chi connectivity index (χ0v) is 19.0. The third-order valence-corrected chi connectivity index (χ3v) is 5.71. The van der Waals surface area contributed by atoms with Crippen molar-refractivity contribution < 1.29 is 14.0 Å². The van der Waals surface area contributed by atoms with Gasteiger partial charge in [0.2, 0.25) is 5.91 Å². The molecule has 0 aliphatic heterocycles. The summed E-state index contributed by atoms with van der Waals surface area (Å²) in [7, 11) is 0. The van der Waals surface area contributed by atoms with Crippen molar-refractivity contribution in [2.45, 2.75) is 19.5 Å². The molecule has 0 fully saturated rings. The molecule has 2 heterocycles. The normalized spacial score (nSPS) is 10.9. The zero-order chi connectivity index (χ0) is 24.1. The number of nitrogens with two attached hydrogens (primary N) is 1. The number of fused-ring (bicyclic) bond motifs is 1. The minimum atomic E-state index is -0.427. The van der Waals surface area contributed by atoms with Crippen LogP contribution in [0.2, 0.25) is 5.02 Å². The van der Waals surface area contributed by atoms with Crippen LogP contribution in [0.15, 0.2) is 61.1 Å². The standard InChI is InChI=1S/C25H23ClFN5O2/c26-21-14-30-23-8-22(27)18(7-20(21)23)13-32-25(34)19-6-17(10-29-12-19)5-15-1-3-16(4-2-15)11-31-24(33)9-28/h1-4,6-8,10,12,14,30H,5,9,11,13,28H2,(H,31,33)(H,32,34). The van der Waals surface area contributed by atoms with Gasteiger partial charge in [0.05, 0.1) is 17.1 Å². The Balaban J connectivity index is 1.38. The van der Waals surface area contributed by atoms with Crippen LogP contribution < -0.4 is 16.4 Å². The van der Waals surface area contributed by atoms with Crippen LogP contribution in [-0.4, -0.2) is 28.3 Å². The molecule has 0 aliphatic carbocycles. The van der Waals surface area contributed by atoms with Crippen LogP contribution in [0.5, 0.6) is 0 Å². The van der Waals surface area contributed by atoms with Gasteiger partial charge in [-0.1, -0.05) is 35.9 Å². The number of nitrogens with zero attached hydrogens (tertiary/aromatic N) is 1. The van der Waals surface area contributed by atoms with Crippen molar-refractivity contribution >= 4 is 34.3 Å². The Hall–Kier alpha value is -3.75. The second kappa shape index (κ2) is 10.5. The van der Waals surface area contributed by atoms with E-state index in [-0.39, 0.29) is 24.9 Å². The van der Waals surface area contributed by atoms with Gasteiger partial charge in [-0.3, -0.25) is 14.6 Å². The highest BCUT2D eigenvalue weighted by Crippen LogP contribution is 2.25. The van der Waals surface area contributed by atoms with Crippen molar-refractivity contribution in [2.75, 3.05) is 6.54 Å². The van der Waals surface area contributed by atoms with Crippen LogP contribution in [0, 0.1) is 5.82 Å². The molecule has 0 saturated carbocycles. The molecular formula is C25H23ClFN5O2. The van der Waals surface area contributed by atoms with Crippen LogP contribution in [0.25, 0.3) is 10.9 Å². The van der Waals surface area contributed by atoms with Gasteiger partial charge in [-0.15, -0.1) is 0 Å². The molecule has 0 saturated heterocycles. The summed E-state index contributed by atoms with van der Waals surface area (Å²) in [6, 6.07) is 12.5. The van der Waals surface area contributed by atoms with Crippen molar-refractivity contribution in [2.24, 2.45) is 5.73 Å². The number of carbonyl (C=O) groups excluding carboxylic acids is 2. The molecule has 2 aromatic heterocycles. The second-order valence-corrected chi connectivity index (χ2v) is 8.27. The Morgan fingerprint density at radius 1 is 1.00 bits per heavy atom. The van der Waals surface area contributed by atoms with Gasteiger partial charge in [0.1, 0.15) is 5.82 Å². The quantitative estimate of drug-likeness (QED) is 0.310. The molecule has 2 aromatic carbocycles. The number of aromatic amines is 1. The number of carbonyl (C=O) groups is 2. The first-order valence-electron chi connectivity index (χ1n) is 10.6. The Labute approximate surface area is 200 Å². The first-order valence-corrected chi connectivity index (χ1v) is 11.0. The van der Waals surface area contributed by atoms with Crippen molar-refractivity contribution in [1.29, 1.82) is 0 Å². The molecule has 0 spiro atoms. The fourth-order valence-electron chi connectivity index (χ4n) is 3.56. The second-order valence-electron chi connectivity index (χ2n) is 7.86. The van der Waals surface area contributed by atoms with Crippen molar-refractivity contribution in [3.8, 4) is 0 Å². The van der Waals surface area contributed by atoms with E-state index in [2.05, 4.69) is 20.6 Å². The molecule has 0 aliphatic rings. The molecule has 4 rings (SSSR count). The van der Waals surface area contributed by atoms with Crippen LogP contribution in [-0.2, 0) is 24.3 Å². The number of pyridine rings is 1. The maximum absolute atomic E-state index is 14.4. The molecular weight excluding hydrogens is 457 g/mol. The summed E-state index contributed by atoms with van der Waals surface area (Å²) >= 11 is 6.11. The van der Waals surface area contributed by atoms with E-state index >= 15 is 0 Å². The van der Waals surface area contributed by atoms with Gasteiger partial charge in [-0.2, -0.15) is 0 Å². The summed E-state index contributed by atoms with van der Waals surface area (Å²) in [6.07, 6.45) is 5.36. The van der Waals surface area contributed by atoms with E-state index in [9.17, 15) is 14.0 Å². The lowest BCUT2D eigenvalue weighted by molar-refractivity contribution is -0.119. The molecule has 0 unspecified atom stereocenters. The van der Waals surface area contributed by atoms with Gasteiger partial charge < -0.3 is 21.4 Å². The third kappa shape index (κ3) is 5.59. The van der Waals surface area contributed by atoms with Gasteiger partial charge in [0.25, 0.3) is 5.91 Å². The third-order valence-electron chi connectivity index (χ3n) is 5.40. The number of H-pyrrole nitrogens is 1. The number of aromatic nitrogens is 2. The van der Waals surface area contributed by atoms with E-state index in [0.717, 1.165) is 16.7 Å². The largest absolute Gasteiger partial charge is 0.360 e. The van der Waals surface area contributed by atoms with Crippen LogP contribution in [0.4, 0.5) is 4.39 Å². The lowest BCUT2D eigenvalue weighted by Crippen LogP contribution is -2.29. The van der Waals surface area contributed by atoms with Crippen molar-refractivity contribution in [3.63, 3.8) is 0 Å². The van der Waals surface area contributed by atoms with Gasteiger partial charge in [0, 0.05) is 48.1 Å². The summed E-state index contributed by atoms with van der Waals surface area (Å²) in [6.45, 7) is 0.395. The Morgan fingerprint density at radius 2 is 1.76 bits per heavy atom. The fourth-order valence-corrected chi connectivity index (χ4v) is 3.77. The number of hydrogen-bond acceptors (Lipinski definition) is 4. The highest BCUT2D eigenvalue weighted by molar-refractivity contribution is 6.35. The fraction of sp³-hybridized carbons (Fsp3) is 0.160. The number of nitrogens with one attached hydrogen (secondary N) is 3. The Morgan fingerprint density at radius 3 is 2.53 bits per heavy atom. The highest BCUT2D eigenvalue weighted by Gasteiger charge is 2.12. The van der Waals surface area contributed by atoms with Crippen LogP contribution >= 0.6 is 11.6 Å². The Bertz CT molecular complexity index is 1340. The summed E-state index contributed by atoms with van der Waals surface area (Å²) < 4.78 is 14.4. The number of hydrogen-bond donors (Lipinski definition) is 4. The Kier molecular flexibility index (Phi) is 7.20. The molecule has 7 nitrogen and oxygen atoms in total. The molecule has 174 valence electrons. The topological polar surface area (TPSA) is 113 Å². The van der Waals surface area contributed by atoms with E-state index in [1.54, 1.807) is 24.5 Å². The lowest BCUT2D eigenvalue weighted by atomic mass is 10.0. The SMILES string of the molecule is NCC(=O)NCc1ccc(Cc2cncc(C(=O)NCc3cc4c(Cl)c[nH]c4cc3F)c2)cc1. The lowest BCUT2D eigenvalue weighted by Gasteiger charge is -2.09. The van der Waals surface area contributed by atoms with Crippen molar-refractivity contribution in [3.05, 3.63) is 99.7 Å². The van der Waals surface area contributed by atoms with Gasteiger partial charge >= 0.3 is 0 Å². The molecule has 0 bridgehead atoms. The molecule has 5 N–H and O–H groups in total. The molecule has 9 heteroatoms. The number of halogens is 2. The minimum absolute atomic E-state index is 0.0223. The van der Waals surface area contributed by atoms with E-state index in [1.165, 1.54) is 12.3 Å². The average molecular weight is 480 g/mol. The summed E-state index contributed by atoms with van der Waals surface area (Å²) in [4.78, 5) is 31.0. The van der Waals surface area contributed by atoms with E-state index in [1.807, 2.05) is 24.3 Å². The molecule has 4 aromatic rings. The average Bonchev–Trinajstić information content (AvgIpc) is 3.21. The predicted octanol–water partition coefficient (Wildman–Crippen LogP) is 3.45. The van der Waals surface area contributed by atoms with Crippen LogP contribution in [0.3, 0.4) is 0 Å². The number of amides is 2. The summed E-state index contributed by atoms with van der Waals surface area (Å²) in [5, 5.41) is 6.66. The predicted molar refractivity (Wildman–Crippen MR) is 129 cm³/mol. The molecule has 0 atom stereocenters. The first kappa shape index (κ1) is 23.4. The number of benzene rings is 2. The van der Waals surface area contributed by atoms with E-state index < -0.39 is 5.82 Å². The molecule has 34 heavy (non-hydrogen) atoms. The van der Waals surface area contributed by atoms with E-state index in [4.69, 9.17) is 17.3 Å². The van der Waals surface area contributed by atoms with Gasteiger partial charge in [-0.25, -0.2) is 4.39 Å². The summed E-state index contributed by atoms with van der Waals surface area (Å²) in [5.74, 6) is -0.981. The number of rotatable bonds is 8. The van der Waals surface area contributed by atoms with Gasteiger partial charge in [-0.05, 0) is 41.3 Å². The minimum Gasteiger partial charge on any atom is -0.360 e. The maximum Gasteiger partial charge on any atom is 0.253 e. The maximum atomic E-state index is 14.4. The summed E-state index contributed by atoms with van der Waals surface area (Å²) in [5.41, 5.74) is 9.48. The molecule has 0 radical (unpaired) electrons. The molecule has 2 amide bonds. The first-order chi connectivity index (χ1) is 16.4. The highest BCUT2D eigenvalue weighted by atomic mass is 35.5.